The average molecular weight is 373 g/mol. The van der Waals surface area contributed by atoms with Gasteiger partial charge in [0.05, 0.1) is 11.4 Å². The molecule has 3 fully saturated rings. The summed E-state index contributed by atoms with van der Waals surface area (Å²) < 4.78 is 0. The summed E-state index contributed by atoms with van der Waals surface area (Å²) in [5.41, 5.74) is 5.52. The zero-order valence-corrected chi connectivity index (χ0v) is 15.5. The summed E-state index contributed by atoms with van der Waals surface area (Å²) >= 11 is 5.53. The minimum Gasteiger partial charge on any atom is -0.347 e. The van der Waals surface area contributed by atoms with Crippen LogP contribution in [0.15, 0.2) is 17.2 Å². The number of nitrogens with one attached hydrogen (secondary N) is 1. The van der Waals surface area contributed by atoms with Gasteiger partial charge in [0.2, 0.25) is 0 Å². The number of hydrogen-bond acceptors (Lipinski definition) is 4. The average Bonchev–Trinajstić information content (AvgIpc) is 2.86. The molecule has 3 heterocycles. The van der Waals surface area contributed by atoms with E-state index in [2.05, 4.69) is 25.6 Å². The maximum absolute atomic E-state index is 5.53. The molecule has 2 aliphatic heterocycles. The molecule has 23 heavy (non-hydrogen) atoms. The van der Waals surface area contributed by atoms with Crippen molar-refractivity contribution in [1.29, 1.82) is 0 Å². The monoisotopic (exact) mass is 373 g/mol. The molecule has 1 N–H and O–H groups in total. The molecule has 0 atom stereocenters. The SMILES string of the molecule is CC(=NNC(=S)N1CC2CCC(CC2)C1)c1ccc(C)nn1.[Fe]. The molecule has 5 nitrogen and oxygen atoms in total. The Labute approximate surface area is 153 Å². The second kappa shape index (κ2) is 8.17. The largest absolute Gasteiger partial charge is 0.347 e. The van der Waals surface area contributed by atoms with Crippen LogP contribution in [-0.4, -0.2) is 39.0 Å². The molecule has 1 saturated carbocycles. The van der Waals surface area contributed by atoms with Gasteiger partial charge in [0, 0.05) is 30.2 Å². The van der Waals surface area contributed by atoms with Crippen LogP contribution in [0.3, 0.4) is 0 Å². The molecular formula is C16H23FeN5S. The molecule has 0 amide bonds. The molecule has 1 aromatic rings. The van der Waals surface area contributed by atoms with E-state index < -0.39 is 0 Å². The summed E-state index contributed by atoms with van der Waals surface area (Å²) in [5, 5.41) is 13.3. The molecule has 7 heteroatoms. The Balaban J connectivity index is 0.00000192. The first-order valence-corrected chi connectivity index (χ1v) is 8.42. The van der Waals surface area contributed by atoms with E-state index in [1.807, 2.05) is 26.0 Å². The van der Waals surface area contributed by atoms with Gasteiger partial charge < -0.3 is 4.90 Å². The molecular weight excluding hydrogens is 350 g/mol. The summed E-state index contributed by atoms with van der Waals surface area (Å²) in [6, 6.07) is 3.87. The van der Waals surface area contributed by atoms with E-state index in [4.69, 9.17) is 12.2 Å². The van der Waals surface area contributed by atoms with Crippen molar-refractivity contribution < 1.29 is 17.1 Å². The molecule has 4 rings (SSSR count). The zero-order chi connectivity index (χ0) is 15.5. The van der Waals surface area contributed by atoms with Crippen molar-refractivity contribution >= 4 is 23.0 Å². The number of thiocarbonyl (C=S) groups is 1. The van der Waals surface area contributed by atoms with Gasteiger partial charge in [-0.25, -0.2) is 0 Å². The fourth-order valence-corrected chi connectivity index (χ4v) is 3.51. The third kappa shape index (κ3) is 4.72. The van der Waals surface area contributed by atoms with Gasteiger partial charge in [-0.3, -0.25) is 5.43 Å². The molecule has 126 valence electrons. The van der Waals surface area contributed by atoms with Crippen LogP contribution >= 0.6 is 12.2 Å². The van der Waals surface area contributed by atoms with Gasteiger partial charge in [-0.05, 0) is 75.7 Å². The first-order chi connectivity index (χ1) is 10.6. The Kier molecular flexibility index (Phi) is 6.50. The van der Waals surface area contributed by atoms with Crippen LogP contribution in [0.25, 0.3) is 0 Å². The van der Waals surface area contributed by atoms with Crippen LogP contribution in [0.1, 0.15) is 44.0 Å². The molecule has 2 bridgehead atoms. The van der Waals surface area contributed by atoms with Gasteiger partial charge in [-0.15, -0.1) is 5.10 Å². The van der Waals surface area contributed by atoms with Crippen molar-refractivity contribution in [3.63, 3.8) is 0 Å². The quantitative estimate of drug-likeness (QED) is 0.374. The molecule has 0 aromatic carbocycles. The molecule has 3 aliphatic rings. The van der Waals surface area contributed by atoms with Gasteiger partial charge in [0.25, 0.3) is 0 Å². The number of aromatic nitrogens is 2. The third-order valence-electron chi connectivity index (χ3n) is 4.70. The van der Waals surface area contributed by atoms with Crippen molar-refractivity contribution in [2.75, 3.05) is 13.1 Å². The standard InChI is InChI=1S/C16H23N5S.Fe/c1-11-3-8-15(19-17-11)12(2)18-20-16(22)21-9-13-4-5-14(10-21)7-6-13;/h3,8,13-14H,4-7,9-10H2,1-2H3,(H,20,22);. The van der Waals surface area contributed by atoms with E-state index in [0.717, 1.165) is 47.1 Å². The van der Waals surface area contributed by atoms with Gasteiger partial charge >= 0.3 is 0 Å². The number of rotatable bonds is 2. The van der Waals surface area contributed by atoms with E-state index in [1.54, 1.807) is 0 Å². The summed E-state index contributed by atoms with van der Waals surface area (Å²) in [5.74, 6) is 1.60. The fraction of sp³-hybridized carbons (Fsp3) is 0.625. The topological polar surface area (TPSA) is 53.4 Å². The first kappa shape index (κ1) is 18.3. The van der Waals surface area contributed by atoms with E-state index in [9.17, 15) is 0 Å². The minimum atomic E-state index is 0. The van der Waals surface area contributed by atoms with Crippen LogP contribution in [0.5, 0.6) is 0 Å². The Morgan fingerprint density at radius 1 is 1.17 bits per heavy atom. The van der Waals surface area contributed by atoms with Gasteiger partial charge in [-0.2, -0.15) is 10.2 Å². The maximum atomic E-state index is 5.53. The fourth-order valence-electron chi connectivity index (χ4n) is 3.31. The number of nitrogens with zero attached hydrogens (tertiary/aromatic N) is 4. The smallest absolute Gasteiger partial charge is 0.189 e. The molecule has 2 saturated heterocycles. The Morgan fingerprint density at radius 2 is 1.78 bits per heavy atom. The van der Waals surface area contributed by atoms with E-state index >= 15 is 0 Å². The Hall–Kier alpha value is -1.04. The molecule has 1 aromatic heterocycles. The molecule has 0 unspecified atom stereocenters. The van der Waals surface area contributed by atoms with Crippen LogP contribution < -0.4 is 5.43 Å². The molecule has 1 aliphatic carbocycles. The predicted molar refractivity (Wildman–Crippen MR) is 91.7 cm³/mol. The maximum Gasteiger partial charge on any atom is 0.189 e. The minimum absolute atomic E-state index is 0. The zero-order valence-electron chi connectivity index (χ0n) is 13.6. The van der Waals surface area contributed by atoms with Crippen LogP contribution in [0.4, 0.5) is 0 Å². The van der Waals surface area contributed by atoms with Crippen molar-refractivity contribution in [2.24, 2.45) is 16.9 Å². The van der Waals surface area contributed by atoms with Gasteiger partial charge in [0.1, 0.15) is 5.69 Å². The summed E-state index contributed by atoms with van der Waals surface area (Å²) in [6.45, 7) is 5.98. The number of hydrazone groups is 1. The third-order valence-corrected chi connectivity index (χ3v) is 5.05. The number of aryl methyl sites for hydroxylation is 1. The normalized spacial score (nSPS) is 23.9. The first-order valence-electron chi connectivity index (χ1n) is 8.01. The van der Waals surface area contributed by atoms with Crippen LogP contribution in [0, 0.1) is 18.8 Å². The predicted octanol–water partition coefficient (Wildman–Crippen LogP) is 2.50. The van der Waals surface area contributed by atoms with Crippen LogP contribution in [0.2, 0.25) is 0 Å². The Morgan fingerprint density at radius 3 is 2.30 bits per heavy atom. The van der Waals surface area contributed by atoms with E-state index in [0.29, 0.717) is 0 Å². The van der Waals surface area contributed by atoms with Crippen molar-refractivity contribution in [2.45, 2.75) is 39.5 Å². The summed E-state index contributed by atoms with van der Waals surface area (Å²) in [4.78, 5) is 2.29. The van der Waals surface area contributed by atoms with Crippen molar-refractivity contribution in [3.8, 4) is 0 Å². The molecule has 0 spiro atoms. The second-order valence-corrected chi connectivity index (χ2v) is 6.85. The van der Waals surface area contributed by atoms with Gasteiger partial charge in [0.15, 0.2) is 5.11 Å². The number of fused-ring (bicyclic) bond motifs is 4. The van der Waals surface area contributed by atoms with E-state index in [-0.39, 0.29) is 17.1 Å². The number of hydrogen-bond donors (Lipinski definition) is 1. The van der Waals surface area contributed by atoms with Gasteiger partial charge in [-0.1, -0.05) is 0 Å². The van der Waals surface area contributed by atoms with Crippen molar-refractivity contribution in [1.82, 2.24) is 20.5 Å². The van der Waals surface area contributed by atoms with Crippen molar-refractivity contribution in [3.05, 3.63) is 23.5 Å². The molecule has 0 radical (unpaired) electrons. The summed E-state index contributed by atoms with van der Waals surface area (Å²) in [7, 11) is 0. The second-order valence-electron chi connectivity index (χ2n) is 6.47. The van der Waals surface area contributed by atoms with E-state index in [1.165, 1.54) is 25.7 Å². The Bertz CT molecular complexity index is 552. The van der Waals surface area contributed by atoms with Crippen LogP contribution in [-0.2, 0) is 17.1 Å². The summed E-state index contributed by atoms with van der Waals surface area (Å²) in [6.07, 6.45) is 5.41.